The molecule has 1 atom stereocenters. The number of aliphatic hydroxyl groups excluding tert-OH is 1. The van der Waals surface area contributed by atoms with Crippen molar-refractivity contribution in [3.05, 3.63) is 29.8 Å². The van der Waals surface area contributed by atoms with Gasteiger partial charge in [-0.3, -0.25) is 9.59 Å². The summed E-state index contributed by atoms with van der Waals surface area (Å²) in [6.07, 6.45) is 0. The Hall–Kier alpha value is -1.53. The van der Waals surface area contributed by atoms with Crippen molar-refractivity contribution in [1.82, 2.24) is 0 Å². The molecule has 0 radical (unpaired) electrons. The first-order valence-electron chi connectivity index (χ1n) is 5.47. The standard InChI is InChI=1S/C12H16N2O3S/c1-8(18-7-6-15)12(17)14-10-4-2-9(3-5-10)11(13)16/h2-5,8,15H,6-7H2,1H3,(H2,13,16)(H,14,17)/t8-/m0/s1. The van der Waals surface area contributed by atoms with Crippen LogP contribution < -0.4 is 11.1 Å². The normalized spacial score (nSPS) is 11.9. The van der Waals surface area contributed by atoms with E-state index in [-0.39, 0.29) is 17.8 Å². The van der Waals surface area contributed by atoms with Crippen LogP contribution in [-0.4, -0.2) is 34.5 Å². The van der Waals surface area contributed by atoms with Crippen LogP contribution in [0.3, 0.4) is 0 Å². The molecule has 1 rings (SSSR count). The van der Waals surface area contributed by atoms with Gasteiger partial charge in [-0.1, -0.05) is 0 Å². The zero-order valence-corrected chi connectivity index (χ0v) is 10.9. The molecule has 18 heavy (non-hydrogen) atoms. The molecule has 0 saturated heterocycles. The third-order valence-electron chi connectivity index (χ3n) is 2.27. The highest BCUT2D eigenvalue weighted by Gasteiger charge is 2.13. The number of anilines is 1. The summed E-state index contributed by atoms with van der Waals surface area (Å²) >= 11 is 1.38. The Kier molecular flexibility index (Phi) is 5.67. The van der Waals surface area contributed by atoms with E-state index in [0.717, 1.165) is 0 Å². The monoisotopic (exact) mass is 268 g/mol. The zero-order valence-electron chi connectivity index (χ0n) is 10.1. The average Bonchev–Trinajstić information content (AvgIpc) is 2.36. The molecule has 0 bridgehead atoms. The van der Waals surface area contributed by atoms with Crippen LogP contribution in [-0.2, 0) is 4.79 Å². The number of nitrogens with one attached hydrogen (secondary N) is 1. The maximum absolute atomic E-state index is 11.7. The van der Waals surface area contributed by atoms with E-state index < -0.39 is 5.91 Å². The topological polar surface area (TPSA) is 92.4 Å². The molecule has 5 nitrogen and oxygen atoms in total. The minimum atomic E-state index is -0.500. The van der Waals surface area contributed by atoms with Crippen LogP contribution in [0.15, 0.2) is 24.3 Å². The molecular formula is C12H16N2O3S. The lowest BCUT2D eigenvalue weighted by atomic mass is 10.2. The number of carbonyl (C=O) groups excluding carboxylic acids is 2. The second-order valence-corrected chi connectivity index (χ2v) is 5.12. The number of carbonyl (C=O) groups is 2. The van der Waals surface area contributed by atoms with Crippen molar-refractivity contribution in [3.8, 4) is 0 Å². The van der Waals surface area contributed by atoms with E-state index in [0.29, 0.717) is 17.0 Å². The van der Waals surface area contributed by atoms with Crippen LogP contribution in [0.1, 0.15) is 17.3 Å². The molecule has 1 aromatic carbocycles. The van der Waals surface area contributed by atoms with Crippen molar-refractivity contribution >= 4 is 29.3 Å². The molecule has 0 aliphatic heterocycles. The number of benzene rings is 1. The molecule has 6 heteroatoms. The first-order valence-corrected chi connectivity index (χ1v) is 6.52. The molecule has 0 aliphatic rings. The van der Waals surface area contributed by atoms with Crippen molar-refractivity contribution in [1.29, 1.82) is 0 Å². The largest absolute Gasteiger partial charge is 0.396 e. The number of aliphatic hydroxyl groups is 1. The number of thioether (sulfide) groups is 1. The number of hydrogen-bond acceptors (Lipinski definition) is 4. The van der Waals surface area contributed by atoms with E-state index in [4.69, 9.17) is 10.8 Å². The van der Waals surface area contributed by atoms with Crippen LogP contribution in [0.5, 0.6) is 0 Å². The van der Waals surface area contributed by atoms with Crippen LogP contribution in [0.2, 0.25) is 0 Å². The fourth-order valence-corrected chi connectivity index (χ4v) is 1.94. The number of hydrogen-bond donors (Lipinski definition) is 3. The van der Waals surface area contributed by atoms with Crippen LogP contribution >= 0.6 is 11.8 Å². The summed E-state index contributed by atoms with van der Waals surface area (Å²) in [7, 11) is 0. The van der Waals surface area contributed by atoms with Gasteiger partial charge in [0.15, 0.2) is 0 Å². The summed E-state index contributed by atoms with van der Waals surface area (Å²) in [5.74, 6) is -0.116. The molecule has 2 amide bonds. The molecule has 0 aromatic heterocycles. The fraction of sp³-hybridized carbons (Fsp3) is 0.333. The van der Waals surface area contributed by atoms with E-state index in [1.807, 2.05) is 0 Å². The molecule has 1 aromatic rings. The van der Waals surface area contributed by atoms with E-state index in [1.165, 1.54) is 11.8 Å². The molecule has 0 unspecified atom stereocenters. The van der Waals surface area contributed by atoms with Gasteiger partial charge in [-0.15, -0.1) is 11.8 Å². The maximum atomic E-state index is 11.7. The third kappa shape index (κ3) is 4.38. The van der Waals surface area contributed by atoms with Gasteiger partial charge in [-0.05, 0) is 31.2 Å². The Labute approximate surface area is 110 Å². The predicted octanol–water partition coefficient (Wildman–Crippen LogP) is 0.838. The number of nitrogens with two attached hydrogens (primary N) is 1. The first kappa shape index (κ1) is 14.5. The molecule has 98 valence electrons. The zero-order chi connectivity index (χ0) is 13.5. The second kappa shape index (κ2) is 7.03. The van der Waals surface area contributed by atoms with Gasteiger partial charge in [0.2, 0.25) is 11.8 Å². The van der Waals surface area contributed by atoms with Gasteiger partial charge < -0.3 is 16.2 Å². The minimum absolute atomic E-state index is 0.0512. The lowest BCUT2D eigenvalue weighted by Gasteiger charge is -2.11. The molecular weight excluding hydrogens is 252 g/mol. The SMILES string of the molecule is C[C@H](SCCO)C(=O)Nc1ccc(C(N)=O)cc1. The van der Waals surface area contributed by atoms with Crippen molar-refractivity contribution in [2.45, 2.75) is 12.2 Å². The number of rotatable bonds is 6. The highest BCUT2D eigenvalue weighted by Crippen LogP contribution is 2.14. The van der Waals surface area contributed by atoms with Crippen molar-refractivity contribution < 1.29 is 14.7 Å². The van der Waals surface area contributed by atoms with Gasteiger partial charge in [0, 0.05) is 17.0 Å². The molecule has 0 saturated carbocycles. The van der Waals surface area contributed by atoms with Gasteiger partial charge >= 0.3 is 0 Å². The summed E-state index contributed by atoms with van der Waals surface area (Å²) in [4.78, 5) is 22.6. The Bertz CT molecular complexity index is 420. The van der Waals surface area contributed by atoms with E-state index in [9.17, 15) is 9.59 Å². The van der Waals surface area contributed by atoms with Crippen molar-refractivity contribution in [3.63, 3.8) is 0 Å². The van der Waals surface area contributed by atoms with Crippen LogP contribution in [0.25, 0.3) is 0 Å². The van der Waals surface area contributed by atoms with Crippen molar-refractivity contribution in [2.24, 2.45) is 5.73 Å². The predicted molar refractivity (Wildman–Crippen MR) is 72.6 cm³/mol. The highest BCUT2D eigenvalue weighted by molar-refractivity contribution is 8.00. The highest BCUT2D eigenvalue weighted by atomic mass is 32.2. The number of primary amides is 1. The summed E-state index contributed by atoms with van der Waals surface area (Å²) < 4.78 is 0. The lowest BCUT2D eigenvalue weighted by molar-refractivity contribution is -0.115. The third-order valence-corrected chi connectivity index (χ3v) is 3.40. The fourth-order valence-electron chi connectivity index (χ4n) is 1.27. The Morgan fingerprint density at radius 1 is 1.39 bits per heavy atom. The molecule has 0 spiro atoms. The van der Waals surface area contributed by atoms with Gasteiger partial charge in [0.05, 0.1) is 11.9 Å². The van der Waals surface area contributed by atoms with Gasteiger partial charge in [0.1, 0.15) is 0 Å². The summed E-state index contributed by atoms with van der Waals surface area (Å²) in [5, 5.41) is 11.2. The van der Waals surface area contributed by atoms with E-state index in [2.05, 4.69) is 5.32 Å². The Morgan fingerprint density at radius 2 is 2.00 bits per heavy atom. The first-order chi connectivity index (χ1) is 8.54. The van der Waals surface area contributed by atoms with Gasteiger partial charge in [-0.2, -0.15) is 0 Å². The average molecular weight is 268 g/mol. The number of amides is 2. The molecule has 4 N–H and O–H groups in total. The van der Waals surface area contributed by atoms with Gasteiger partial charge in [-0.25, -0.2) is 0 Å². The van der Waals surface area contributed by atoms with E-state index in [1.54, 1.807) is 31.2 Å². The molecule has 0 fully saturated rings. The van der Waals surface area contributed by atoms with E-state index >= 15 is 0 Å². The molecule has 0 aliphatic carbocycles. The van der Waals surface area contributed by atoms with Gasteiger partial charge in [0.25, 0.3) is 0 Å². The maximum Gasteiger partial charge on any atom is 0.248 e. The summed E-state index contributed by atoms with van der Waals surface area (Å²) in [5.41, 5.74) is 6.13. The Morgan fingerprint density at radius 3 is 2.50 bits per heavy atom. The summed E-state index contributed by atoms with van der Waals surface area (Å²) in [6.45, 7) is 1.82. The Balaban J connectivity index is 2.56. The van der Waals surface area contributed by atoms with Crippen LogP contribution in [0.4, 0.5) is 5.69 Å². The second-order valence-electron chi connectivity index (χ2n) is 3.67. The minimum Gasteiger partial charge on any atom is -0.396 e. The van der Waals surface area contributed by atoms with Crippen molar-refractivity contribution in [2.75, 3.05) is 17.7 Å². The smallest absolute Gasteiger partial charge is 0.248 e. The summed E-state index contributed by atoms with van der Waals surface area (Å²) in [6, 6.07) is 6.37. The quantitative estimate of drug-likeness (QED) is 0.712. The molecule has 0 heterocycles. The lowest BCUT2D eigenvalue weighted by Crippen LogP contribution is -2.23. The van der Waals surface area contributed by atoms with Crippen LogP contribution in [0, 0.1) is 0 Å².